The van der Waals surface area contributed by atoms with Crippen LogP contribution in [-0.4, -0.2) is 139 Å². The minimum absolute atomic E-state index is 0.249. The molecule has 0 unspecified atom stereocenters. The van der Waals surface area contributed by atoms with Crippen molar-refractivity contribution in [1.82, 2.24) is 0 Å². The van der Waals surface area contributed by atoms with E-state index in [9.17, 15) is 53.1 Å². The summed E-state index contributed by atoms with van der Waals surface area (Å²) in [5.41, 5.74) is 0. The molecule has 2 aliphatic rings. The number of Topliss-reactive ketones (excluding diaryl/α,β-unsaturated/α-hetero) is 3. The van der Waals surface area contributed by atoms with E-state index in [2.05, 4.69) is 0 Å². The van der Waals surface area contributed by atoms with Crippen LogP contribution in [0.15, 0.2) is 0 Å². The Bertz CT molecular complexity index is 1470. The van der Waals surface area contributed by atoms with Gasteiger partial charge in [-0.1, -0.05) is 0 Å². The molecule has 0 aromatic heterocycles. The van der Waals surface area contributed by atoms with Gasteiger partial charge >= 0.3 is 41.8 Å². The zero-order valence-electron chi connectivity index (χ0n) is 32.0. The highest BCUT2D eigenvalue weighted by Crippen LogP contribution is 2.33. The van der Waals surface area contributed by atoms with Crippen LogP contribution in [0.1, 0.15) is 87.0 Å². The number of aliphatic hydroxyl groups excluding tert-OH is 1. The Morgan fingerprint density at radius 1 is 0.429 bits per heavy atom. The van der Waals surface area contributed by atoms with Crippen LogP contribution in [0.25, 0.3) is 0 Å². The molecule has 314 valence electrons. The van der Waals surface area contributed by atoms with E-state index in [4.69, 9.17) is 47.4 Å². The van der Waals surface area contributed by atoms with E-state index in [1.807, 2.05) is 0 Å². The van der Waals surface area contributed by atoms with Crippen LogP contribution in [0, 0.1) is 0 Å². The Balaban J connectivity index is 2.61. The summed E-state index contributed by atoms with van der Waals surface area (Å²) >= 11 is 0. The zero-order chi connectivity index (χ0) is 42.3. The first kappa shape index (κ1) is 47.3. The molecule has 0 bridgehead atoms. The molecule has 1 N–H and O–H groups in total. The topological polar surface area (TPSA) is 283 Å². The molecule has 10 atom stereocenters. The van der Waals surface area contributed by atoms with Gasteiger partial charge in [0.05, 0.1) is 25.9 Å². The molecule has 2 saturated heterocycles. The Morgan fingerprint density at radius 2 is 0.804 bits per heavy atom. The number of ketones is 3. The van der Waals surface area contributed by atoms with Gasteiger partial charge in [-0.3, -0.25) is 33.6 Å². The van der Waals surface area contributed by atoms with Crippen molar-refractivity contribution >= 4 is 59.1 Å². The number of esters is 7. The molecule has 2 heterocycles. The van der Waals surface area contributed by atoms with Crippen molar-refractivity contribution in [3.05, 3.63) is 0 Å². The van der Waals surface area contributed by atoms with E-state index in [-0.39, 0.29) is 36.6 Å². The number of carbonyl (C=O) groups excluding carboxylic acids is 10. The summed E-state index contributed by atoms with van der Waals surface area (Å²) in [7, 11) is 0. The third-order valence-electron chi connectivity index (χ3n) is 7.83. The highest BCUT2D eigenvalue weighted by atomic mass is 16.7. The third-order valence-corrected chi connectivity index (χ3v) is 7.83. The summed E-state index contributed by atoms with van der Waals surface area (Å²) in [6, 6.07) is 0. The number of aliphatic hydroxyl groups is 1. The summed E-state index contributed by atoms with van der Waals surface area (Å²) in [6.45, 7) is 6.35. The summed E-state index contributed by atoms with van der Waals surface area (Å²) in [5, 5.41) is 11.1. The fraction of sp³-hybridized carbons (Fsp3) is 0.714. The SMILES string of the molecule is CC(=O)CCC(=O)O[C@@H]1[C@H](OC(=O)CCC(C)=O)[C@@H](O)O[C@H](CO[C@H]2O[C@H](COC(C)=O)[C@@H](OC(C)=O)[C@H](OC(C)=O)[C@@H]2OC(C)=O)[C@H]1OC(=O)CCC(C)=O. The maximum atomic E-state index is 13.0. The summed E-state index contributed by atoms with van der Waals surface area (Å²) in [6.07, 6.45) is -19.6. The fourth-order valence-electron chi connectivity index (χ4n) is 5.41. The maximum Gasteiger partial charge on any atom is 0.306 e. The van der Waals surface area contributed by atoms with Gasteiger partial charge in [-0.2, -0.15) is 0 Å². The molecule has 2 rings (SSSR count). The molecular formula is C35H48O21. The van der Waals surface area contributed by atoms with Crippen molar-refractivity contribution in [2.24, 2.45) is 0 Å². The van der Waals surface area contributed by atoms with E-state index in [1.165, 1.54) is 20.8 Å². The number of hydrogen-bond acceptors (Lipinski definition) is 21. The minimum atomic E-state index is -2.13. The molecule has 0 amide bonds. The van der Waals surface area contributed by atoms with Crippen LogP contribution in [0.2, 0.25) is 0 Å². The molecule has 2 fully saturated rings. The Morgan fingerprint density at radius 3 is 1.25 bits per heavy atom. The summed E-state index contributed by atoms with van der Waals surface area (Å²) < 4.78 is 55.1. The maximum absolute atomic E-state index is 13.0. The first-order valence-corrected chi connectivity index (χ1v) is 17.5. The Labute approximate surface area is 321 Å². The lowest BCUT2D eigenvalue weighted by molar-refractivity contribution is -0.330. The highest BCUT2D eigenvalue weighted by molar-refractivity contribution is 5.82. The van der Waals surface area contributed by atoms with Crippen molar-refractivity contribution in [1.29, 1.82) is 0 Å². The number of ether oxygens (including phenoxy) is 10. The van der Waals surface area contributed by atoms with Crippen molar-refractivity contribution in [3.63, 3.8) is 0 Å². The quantitative estimate of drug-likeness (QED) is 0.121. The van der Waals surface area contributed by atoms with E-state index in [0.717, 1.165) is 27.7 Å². The monoisotopic (exact) mass is 804 g/mol. The molecule has 0 aromatic carbocycles. The summed E-state index contributed by atoms with van der Waals surface area (Å²) in [5.74, 6) is -7.79. The predicted molar refractivity (Wildman–Crippen MR) is 178 cm³/mol. The molecule has 2 aliphatic heterocycles. The molecule has 0 spiro atoms. The van der Waals surface area contributed by atoms with E-state index in [0.29, 0.717) is 0 Å². The second-order valence-electron chi connectivity index (χ2n) is 12.9. The van der Waals surface area contributed by atoms with Gasteiger partial charge in [-0.15, -0.1) is 0 Å². The van der Waals surface area contributed by atoms with Gasteiger partial charge in [0.2, 0.25) is 0 Å². The average molecular weight is 805 g/mol. The first-order chi connectivity index (χ1) is 26.2. The van der Waals surface area contributed by atoms with Crippen LogP contribution in [0.3, 0.4) is 0 Å². The second kappa shape index (κ2) is 22.6. The number of rotatable bonds is 20. The molecule has 0 aliphatic carbocycles. The van der Waals surface area contributed by atoms with Gasteiger partial charge in [-0.05, 0) is 20.8 Å². The van der Waals surface area contributed by atoms with Crippen LogP contribution in [0.5, 0.6) is 0 Å². The molecule has 0 saturated carbocycles. The number of carbonyl (C=O) groups is 10. The zero-order valence-corrected chi connectivity index (χ0v) is 32.0. The molecule has 21 nitrogen and oxygen atoms in total. The predicted octanol–water partition coefficient (Wildman–Crippen LogP) is -0.354. The third kappa shape index (κ3) is 16.1. The van der Waals surface area contributed by atoms with Crippen molar-refractivity contribution < 1.29 is 100 Å². The van der Waals surface area contributed by atoms with Crippen molar-refractivity contribution in [2.75, 3.05) is 13.2 Å². The average Bonchev–Trinajstić information content (AvgIpc) is 3.08. The highest BCUT2D eigenvalue weighted by Gasteiger charge is 2.55. The minimum Gasteiger partial charge on any atom is -0.463 e. The normalized spacial score (nSPS) is 27.1. The lowest BCUT2D eigenvalue weighted by Crippen LogP contribution is -2.64. The first-order valence-electron chi connectivity index (χ1n) is 17.5. The van der Waals surface area contributed by atoms with Gasteiger partial charge in [0, 0.05) is 47.0 Å². The van der Waals surface area contributed by atoms with Gasteiger partial charge in [0.15, 0.2) is 49.2 Å². The van der Waals surface area contributed by atoms with Crippen LogP contribution >= 0.6 is 0 Å². The molecular weight excluding hydrogens is 756 g/mol. The lowest BCUT2D eigenvalue weighted by atomic mass is 9.97. The largest absolute Gasteiger partial charge is 0.463 e. The van der Waals surface area contributed by atoms with Crippen molar-refractivity contribution in [3.8, 4) is 0 Å². The smallest absolute Gasteiger partial charge is 0.306 e. The molecule has 21 heteroatoms. The standard InChI is InChI=1S/C35H48O21/c1-16(36)8-11-25(43)54-29-23(52-34(46)32(56-27(45)13-10-18(3)38)30(29)55-26(44)12-9-17(2)37)15-48-35-33(51-22(7)42)31(50-21(6)41)28(49-20(5)40)24(53-35)14-47-19(4)39/h23-24,28-35,46H,8-15H2,1-7H3/t23-,24-,28-,29-,30+,31+,32+,33+,34+,35+/m1/s1. The molecule has 0 aromatic rings. The van der Waals surface area contributed by atoms with Crippen LogP contribution in [0.4, 0.5) is 0 Å². The van der Waals surface area contributed by atoms with Gasteiger partial charge < -0.3 is 66.9 Å². The lowest BCUT2D eigenvalue weighted by Gasteiger charge is -2.45. The second-order valence-corrected chi connectivity index (χ2v) is 12.9. The van der Waals surface area contributed by atoms with Gasteiger partial charge in [-0.25, -0.2) is 0 Å². The molecule has 0 radical (unpaired) electrons. The van der Waals surface area contributed by atoms with E-state index >= 15 is 0 Å². The molecule has 56 heavy (non-hydrogen) atoms. The van der Waals surface area contributed by atoms with Gasteiger partial charge in [0.25, 0.3) is 0 Å². The fourth-order valence-corrected chi connectivity index (χ4v) is 5.41. The van der Waals surface area contributed by atoms with Crippen LogP contribution < -0.4 is 0 Å². The van der Waals surface area contributed by atoms with Crippen molar-refractivity contribution in [2.45, 2.75) is 148 Å². The number of hydrogen-bond donors (Lipinski definition) is 1. The Kier molecular flexibility index (Phi) is 19.1. The van der Waals surface area contributed by atoms with Crippen LogP contribution in [-0.2, 0) is 95.3 Å². The summed E-state index contributed by atoms with van der Waals surface area (Å²) in [4.78, 5) is 122. The Hall–Kier alpha value is -4.86. The van der Waals surface area contributed by atoms with Gasteiger partial charge in [0.1, 0.15) is 36.2 Å². The van der Waals surface area contributed by atoms with E-state index < -0.39 is 136 Å². The van der Waals surface area contributed by atoms with E-state index in [1.54, 1.807) is 0 Å².